The average molecular weight is 622 g/mol. The number of aromatic nitrogens is 2. The van der Waals surface area contributed by atoms with E-state index in [0.717, 1.165) is 44.7 Å². The highest BCUT2D eigenvalue weighted by molar-refractivity contribution is 5.87. The molecule has 0 saturated carbocycles. The van der Waals surface area contributed by atoms with E-state index in [1.165, 1.54) is 21.9 Å². The van der Waals surface area contributed by atoms with Gasteiger partial charge >= 0.3 is 0 Å². The first-order valence-corrected chi connectivity index (χ1v) is 16.3. The molecule has 1 aliphatic rings. The lowest BCUT2D eigenvalue weighted by atomic mass is 9.83. The van der Waals surface area contributed by atoms with Crippen molar-refractivity contribution in [1.82, 2.24) is 9.97 Å². The Kier molecular flexibility index (Phi) is 6.75. The molecule has 8 aromatic rings. The summed E-state index contributed by atoms with van der Waals surface area (Å²) < 4.78 is 12.2. The normalized spacial score (nSPS) is 16.1. The lowest BCUT2D eigenvalue weighted by Crippen LogP contribution is -2.36. The second-order valence-corrected chi connectivity index (χ2v) is 12.3. The van der Waals surface area contributed by atoms with Gasteiger partial charge in [0.2, 0.25) is 11.8 Å². The second-order valence-electron chi connectivity index (χ2n) is 12.3. The van der Waals surface area contributed by atoms with E-state index >= 15 is 0 Å². The Hall–Kier alpha value is -6.20. The van der Waals surface area contributed by atoms with Gasteiger partial charge in [0, 0.05) is 28.4 Å². The Balaban J connectivity index is 1.10. The summed E-state index contributed by atoms with van der Waals surface area (Å²) in [5.74, 6) is 1.43. The van der Waals surface area contributed by atoms with Crippen LogP contribution >= 0.6 is 0 Å². The smallest absolute Gasteiger partial charge is 0.227 e. The van der Waals surface area contributed by atoms with Gasteiger partial charge in [0.15, 0.2) is 11.2 Å². The Labute approximate surface area is 278 Å². The SMILES string of the molecule is CC1C(c2ccc3ccccc3c2)=CC=C[C@@H]1N(c1ccc(-c2nc3ccccc3o2)cc1)c1ccc(-c2nc3ccccc3o2)cc1. The average Bonchev–Trinajstić information content (AvgIpc) is 3.78. The quantitative estimate of drug-likeness (QED) is 0.185. The summed E-state index contributed by atoms with van der Waals surface area (Å²) in [4.78, 5) is 11.9. The van der Waals surface area contributed by atoms with Gasteiger partial charge in [0.1, 0.15) is 11.0 Å². The van der Waals surface area contributed by atoms with E-state index in [9.17, 15) is 0 Å². The number of benzene rings is 6. The van der Waals surface area contributed by atoms with Gasteiger partial charge < -0.3 is 13.7 Å². The summed E-state index contributed by atoms with van der Waals surface area (Å²) in [6.45, 7) is 2.32. The molecule has 230 valence electrons. The summed E-state index contributed by atoms with van der Waals surface area (Å²) in [5, 5.41) is 2.49. The summed E-state index contributed by atoms with van der Waals surface area (Å²) in [5.41, 5.74) is 9.85. The van der Waals surface area contributed by atoms with E-state index in [1.54, 1.807) is 0 Å². The highest BCUT2D eigenvalue weighted by Gasteiger charge is 2.29. The number of anilines is 2. The molecule has 5 heteroatoms. The number of nitrogens with zero attached hydrogens (tertiary/aromatic N) is 3. The summed E-state index contributed by atoms with van der Waals surface area (Å²) in [6.07, 6.45) is 6.76. The van der Waals surface area contributed by atoms with Crippen molar-refractivity contribution in [2.24, 2.45) is 5.92 Å². The van der Waals surface area contributed by atoms with Crippen LogP contribution in [0.4, 0.5) is 11.4 Å². The van der Waals surface area contributed by atoms with Crippen LogP contribution in [0, 0.1) is 5.92 Å². The molecule has 0 bridgehead atoms. The van der Waals surface area contributed by atoms with Gasteiger partial charge in [-0.2, -0.15) is 0 Å². The molecule has 2 aromatic heterocycles. The van der Waals surface area contributed by atoms with Gasteiger partial charge in [-0.15, -0.1) is 0 Å². The van der Waals surface area contributed by atoms with Crippen molar-refractivity contribution in [3.8, 4) is 22.9 Å². The van der Waals surface area contributed by atoms with E-state index in [1.807, 2.05) is 48.5 Å². The molecule has 5 nitrogen and oxygen atoms in total. The van der Waals surface area contributed by atoms with Crippen LogP contribution < -0.4 is 4.90 Å². The highest BCUT2D eigenvalue weighted by atomic mass is 16.4. The van der Waals surface area contributed by atoms with E-state index in [0.29, 0.717) is 11.8 Å². The van der Waals surface area contributed by atoms with Crippen molar-refractivity contribution in [3.63, 3.8) is 0 Å². The Morgan fingerprint density at radius 3 is 1.65 bits per heavy atom. The zero-order valence-electron chi connectivity index (χ0n) is 26.3. The lowest BCUT2D eigenvalue weighted by molar-refractivity contribution is 0.619. The largest absolute Gasteiger partial charge is 0.436 e. The van der Waals surface area contributed by atoms with E-state index in [2.05, 4.69) is 121 Å². The van der Waals surface area contributed by atoms with Crippen LogP contribution in [0.3, 0.4) is 0 Å². The van der Waals surface area contributed by atoms with Crippen LogP contribution in [0.5, 0.6) is 0 Å². The van der Waals surface area contributed by atoms with Crippen molar-refractivity contribution >= 4 is 49.9 Å². The van der Waals surface area contributed by atoms with E-state index in [-0.39, 0.29) is 12.0 Å². The van der Waals surface area contributed by atoms with Crippen LogP contribution in [0.1, 0.15) is 12.5 Å². The molecule has 1 aliphatic carbocycles. The van der Waals surface area contributed by atoms with Crippen molar-refractivity contribution in [1.29, 1.82) is 0 Å². The summed E-state index contributed by atoms with van der Waals surface area (Å²) >= 11 is 0. The molecule has 2 atom stereocenters. The third-order valence-electron chi connectivity index (χ3n) is 9.34. The molecule has 48 heavy (non-hydrogen) atoms. The molecule has 9 rings (SSSR count). The third-order valence-corrected chi connectivity index (χ3v) is 9.34. The van der Waals surface area contributed by atoms with Gasteiger partial charge in [0.05, 0.1) is 6.04 Å². The predicted molar refractivity (Wildman–Crippen MR) is 195 cm³/mol. The fraction of sp³-hybridized carbons (Fsp3) is 0.0698. The van der Waals surface area contributed by atoms with E-state index < -0.39 is 0 Å². The summed E-state index contributed by atoms with van der Waals surface area (Å²) in [7, 11) is 0. The molecule has 0 fully saturated rings. The van der Waals surface area contributed by atoms with Gasteiger partial charge in [0.25, 0.3) is 0 Å². The minimum Gasteiger partial charge on any atom is -0.436 e. The van der Waals surface area contributed by atoms with Crippen molar-refractivity contribution in [2.45, 2.75) is 13.0 Å². The molecular formula is C43H31N3O2. The topological polar surface area (TPSA) is 55.3 Å². The predicted octanol–water partition coefficient (Wildman–Crippen LogP) is 11.3. The van der Waals surface area contributed by atoms with E-state index in [4.69, 9.17) is 18.8 Å². The second kappa shape index (κ2) is 11.6. The molecule has 2 heterocycles. The number of rotatable bonds is 6. The van der Waals surface area contributed by atoms with Crippen LogP contribution in [0.25, 0.3) is 61.5 Å². The standard InChI is InChI=1S/C43H31N3O2/c1-28-36(33-18-17-29-9-2-3-10-32(29)27-33)11-8-14-39(28)46(34-23-19-30(20-24-34)42-44-37-12-4-6-15-40(37)47-42)35-25-21-31(22-26-35)43-45-38-13-5-7-16-41(38)48-43/h2-28,39H,1H3/t28?,39-/m0/s1. The number of fused-ring (bicyclic) bond motifs is 3. The first kappa shape index (κ1) is 28.1. The van der Waals surface area contributed by atoms with Crippen molar-refractivity contribution in [2.75, 3.05) is 4.90 Å². The monoisotopic (exact) mass is 621 g/mol. The van der Waals surface area contributed by atoms with Crippen molar-refractivity contribution < 1.29 is 8.83 Å². The van der Waals surface area contributed by atoms with Crippen molar-refractivity contribution in [3.05, 3.63) is 163 Å². The maximum Gasteiger partial charge on any atom is 0.227 e. The zero-order valence-corrected chi connectivity index (χ0v) is 26.3. The van der Waals surface area contributed by atoms with Crippen LogP contribution in [-0.2, 0) is 0 Å². The molecule has 0 radical (unpaired) electrons. The molecule has 0 amide bonds. The minimum absolute atomic E-state index is 0.0572. The fourth-order valence-electron chi connectivity index (χ4n) is 6.83. The number of hydrogen-bond acceptors (Lipinski definition) is 5. The minimum atomic E-state index is 0.0572. The van der Waals surface area contributed by atoms with Crippen LogP contribution in [0.2, 0.25) is 0 Å². The van der Waals surface area contributed by atoms with Gasteiger partial charge in [-0.3, -0.25) is 0 Å². The molecule has 0 N–H and O–H groups in total. The molecule has 1 unspecified atom stereocenters. The van der Waals surface area contributed by atoms with Gasteiger partial charge in [-0.1, -0.05) is 85.8 Å². The first-order chi connectivity index (χ1) is 23.7. The maximum atomic E-state index is 6.08. The molecule has 6 aromatic carbocycles. The zero-order chi connectivity index (χ0) is 32.0. The lowest BCUT2D eigenvalue weighted by Gasteiger charge is -2.38. The number of allylic oxidation sites excluding steroid dienone is 2. The van der Waals surface area contributed by atoms with Gasteiger partial charge in [-0.25, -0.2) is 9.97 Å². The third kappa shape index (κ3) is 4.97. The molecule has 0 saturated heterocycles. The number of hydrogen-bond donors (Lipinski definition) is 0. The Morgan fingerprint density at radius 2 is 1.06 bits per heavy atom. The number of para-hydroxylation sites is 4. The van der Waals surface area contributed by atoms with Crippen LogP contribution in [0.15, 0.2) is 167 Å². The highest BCUT2D eigenvalue weighted by Crippen LogP contribution is 2.40. The maximum absolute atomic E-state index is 6.08. The summed E-state index contributed by atoms with van der Waals surface area (Å²) in [6, 6.07) is 48.1. The molecule has 0 aliphatic heterocycles. The Bertz CT molecular complexity index is 2300. The van der Waals surface area contributed by atoms with Gasteiger partial charge in [-0.05, 0) is 101 Å². The van der Waals surface area contributed by atoms with Crippen LogP contribution in [-0.4, -0.2) is 16.0 Å². The molecular weight excluding hydrogens is 590 g/mol. The first-order valence-electron chi connectivity index (χ1n) is 16.3. The Morgan fingerprint density at radius 1 is 0.542 bits per heavy atom. The fourth-order valence-corrected chi connectivity index (χ4v) is 6.83. The molecule has 0 spiro atoms. The number of oxazole rings is 2.